The highest BCUT2D eigenvalue weighted by atomic mass is 35.5. The van der Waals surface area contributed by atoms with Gasteiger partial charge in [-0.15, -0.1) is 0 Å². The third-order valence-corrected chi connectivity index (χ3v) is 7.64. The predicted octanol–water partition coefficient (Wildman–Crippen LogP) is 5.63. The van der Waals surface area contributed by atoms with E-state index in [9.17, 15) is 14.3 Å². The van der Waals surface area contributed by atoms with Crippen LogP contribution >= 0.6 is 11.6 Å². The third-order valence-electron chi connectivity index (χ3n) is 7.34. The van der Waals surface area contributed by atoms with Crippen LogP contribution in [-0.2, 0) is 7.05 Å². The average Bonchev–Trinajstić information content (AvgIpc) is 3.22. The number of hydrogen-bond donors (Lipinski definition) is 1. The second-order valence-electron chi connectivity index (χ2n) is 11.1. The van der Waals surface area contributed by atoms with Gasteiger partial charge in [0.05, 0.1) is 10.7 Å². The molecule has 7 nitrogen and oxygen atoms in total. The number of aryl methyl sites for hydroxylation is 2. The summed E-state index contributed by atoms with van der Waals surface area (Å²) in [5.41, 5.74) is 3.84. The number of hydrogen-bond acceptors (Lipinski definition) is 5. The SMILES string of the molecule is Cc1cc(-c2ccc(-n3ccn(C)c3=O)c(Cl)c2)c(O)c(-c2cc(F)cc(N3CCN(C(C)(C)C)CC3)c2)n1. The van der Waals surface area contributed by atoms with Gasteiger partial charge in [-0.25, -0.2) is 14.2 Å². The van der Waals surface area contributed by atoms with E-state index < -0.39 is 0 Å². The molecule has 1 aliphatic rings. The van der Waals surface area contributed by atoms with E-state index in [1.54, 1.807) is 43.7 Å². The molecule has 3 heterocycles. The molecule has 0 aliphatic carbocycles. The van der Waals surface area contributed by atoms with Crippen molar-refractivity contribution in [1.29, 1.82) is 0 Å². The smallest absolute Gasteiger partial charge is 0.332 e. The van der Waals surface area contributed by atoms with E-state index in [2.05, 4.69) is 35.6 Å². The van der Waals surface area contributed by atoms with Crippen LogP contribution in [0.5, 0.6) is 5.75 Å². The largest absolute Gasteiger partial charge is 0.505 e. The molecule has 1 saturated heterocycles. The molecule has 204 valence electrons. The van der Waals surface area contributed by atoms with Gasteiger partial charge in [0, 0.05) is 73.7 Å². The lowest BCUT2D eigenvalue weighted by atomic mass is 9.99. The van der Waals surface area contributed by atoms with Crippen molar-refractivity contribution in [3.8, 4) is 33.8 Å². The summed E-state index contributed by atoms with van der Waals surface area (Å²) in [6.45, 7) is 11.8. The standard InChI is InChI=1S/C30H33ClFN5O2/c1-19-14-24(20-6-7-26(25(31)17-20)37-13-8-34(5)29(37)39)28(38)27(33-19)21-15-22(32)18-23(16-21)35-9-11-36(12-10-35)30(2,3)4/h6-8,13-18,38H,9-12H2,1-5H3. The minimum Gasteiger partial charge on any atom is -0.505 e. The molecule has 0 saturated carbocycles. The van der Waals surface area contributed by atoms with Crippen LogP contribution < -0.4 is 10.6 Å². The van der Waals surface area contributed by atoms with Gasteiger partial charge in [-0.05, 0) is 69.7 Å². The Morgan fingerprint density at radius 2 is 1.69 bits per heavy atom. The number of nitrogens with zero attached hydrogens (tertiary/aromatic N) is 5. The first kappa shape index (κ1) is 27.0. The van der Waals surface area contributed by atoms with Gasteiger partial charge in [-0.2, -0.15) is 0 Å². The summed E-state index contributed by atoms with van der Waals surface area (Å²) in [5.74, 6) is -0.443. The van der Waals surface area contributed by atoms with Crippen LogP contribution in [0, 0.1) is 12.7 Å². The summed E-state index contributed by atoms with van der Waals surface area (Å²) in [6, 6.07) is 11.8. The highest BCUT2D eigenvalue weighted by molar-refractivity contribution is 6.32. The topological polar surface area (TPSA) is 66.5 Å². The molecular weight excluding hydrogens is 517 g/mol. The van der Waals surface area contributed by atoms with Gasteiger partial charge in [0.15, 0.2) is 0 Å². The number of benzene rings is 2. The number of aromatic hydroxyl groups is 1. The molecule has 0 atom stereocenters. The number of rotatable bonds is 4. The van der Waals surface area contributed by atoms with Gasteiger partial charge in [0.25, 0.3) is 0 Å². The minimum absolute atomic E-state index is 0.0598. The molecule has 9 heteroatoms. The molecule has 5 rings (SSSR count). The average molecular weight is 550 g/mol. The molecule has 2 aromatic heterocycles. The minimum atomic E-state index is -0.384. The van der Waals surface area contributed by atoms with Gasteiger partial charge in [-0.1, -0.05) is 17.7 Å². The third kappa shape index (κ3) is 5.31. The van der Waals surface area contributed by atoms with Crippen molar-refractivity contribution in [2.24, 2.45) is 7.05 Å². The summed E-state index contributed by atoms with van der Waals surface area (Å²) in [7, 11) is 1.67. The molecule has 1 N–H and O–H groups in total. The van der Waals surface area contributed by atoms with Crippen LogP contribution in [0.1, 0.15) is 26.5 Å². The van der Waals surface area contributed by atoms with E-state index in [1.807, 2.05) is 13.0 Å². The maximum Gasteiger partial charge on any atom is 0.332 e. The highest BCUT2D eigenvalue weighted by Gasteiger charge is 2.26. The monoisotopic (exact) mass is 549 g/mol. The van der Waals surface area contributed by atoms with Crippen LogP contribution in [0.25, 0.3) is 28.1 Å². The quantitative estimate of drug-likeness (QED) is 0.357. The van der Waals surface area contributed by atoms with Crippen molar-refractivity contribution < 1.29 is 9.50 Å². The van der Waals surface area contributed by atoms with E-state index in [4.69, 9.17) is 11.6 Å². The van der Waals surface area contributed by atoms with Crippen LogP contribution in [0.3, 0.4) is 0 Å². The van der Waals surface area contributed by atoms with Crippen molar-refractivity contribution in [2.45, 2.75) is 33.2 Å². The maximum absolute atomic E-state index is 14.9. The predicted molar refractivity (Wildman–Crippen MR) is 155 cm³/mol. The molecule has 1 fully saturated rings. The second-order valence-corrected chi connectivity index (χ2v) is 11.5. The first-order valence-corrected chi connectivity index (χ1v) is 13.4. The van der Waals surface area contributed by atoms with Crippen LogP contribution in [0.4, 0.5) is 10.1 Å². The van der Waals surface area contributed by atoms with Crippen molar-refractivity contribution >= 4 is 17.3 Å². The molecule has 0 radical (unpaired) electrons. The molecule has 4 aromatic rings. The molecular formula is C30H33ClFN5O2. The van der Waals surface area contributed by atoms with Crippen LogP contribution in [-0.4, -0.2) is 55.8 Å². The first-order chi connectivity index (χ1) is 18.4. The number of aromatic nitrogens is 3. The Morgan fingerprint density at radius 1 is 0.974 bits per heavy atom. The number of pyridine rings is 1. The van der Waals surface area contributed by atoms with Gasteiger partial charge < -0.3 is 14.6 Å². The van der Waals surface area contributed by atoms with Crippen LogP contribution in [0.2, 0.25) is 5.02 Å². The number of piperazine rings is 1. The Morgan fingerprint density at radius 3 is 2.31 bits per heavy atom. The summed E-state index contributed by atoms with van der Waals surface area (Å²) in [6.07, 6.45) is 3.31. The van der Waals surface area contributed by atoms with Crippen molar-refractivity contribution in [2.75, 3.05) is 31.1 Å². The van der Waals surface area contributed by atoms with E-state index in [1.165, 1.54) is 21.3 Å². The Labute approximate surface area is 232 Å². The molecule has 1 aliphatic heterocycles. The summed E-state index contributed by atoms with van der Waals surface area (Å²) in [5, 5.41) is 11.7. The van der Waals surface area contributed by atoms with Gasteiger partial charge in [0.2, 0.25) is 0 Å². The van der Waals surface area contributed by atoms with Crippen LogP contribution in [0.15, 0.2) is 59.7 Å². The summed E-state index contributed by atoms with van der Waals surface area (Å²) < 4.78 is 17.8. The summed E-state index contributed by atoms with van der Waals surface area (Å²) in [4.78, 5) is 21.6. The zero-order chi connectivity index (χ0) is 28.1. The molecule has 2 aromatic carbocycles. The maximum atomic E-state index is 14.9. The Hall–Kier alpha value is -3.62. The number of halogens is 2. The number of imidazole rings is 1. The fourth-order valence-electron chi connectivity index (χ4n) is 5.13. The van der Waals surface area contributed by atoms with Crippen molar-refractivity contribution in [3.63, 3.8) is 0 Å². The zero-order valence-corrected chi connectivity index (χ0v) is 23.6. The molecule has 0 amide bonds. The molecule has 0 spiro atoms. The molecule has 0 unspecified atom stereocenters. The Kier molecular flexibility index (Phi) is 7.03. The zero-order valence-electron chi connectivity index (χ0n) is 22.9. The molecule has 0 bridgehead atoms. The summed E-state index contributed by atoms with van der Waals surface area (Å²) >= 11 is 6.59. The lowest BCUT2D eigenvalue weighted by Gasteiger charge is -2.43. The highest BCUT2D eigenvalue weighted by Crippen LogP contribution is 2.40. The lowest BCUT2D eigenvalue weighted by molar-refractivity contribution is 0.128. The van der Waals surface area contributed by atoms with Gasteiger partial charge >= 0.3 is 5.69 Å². The normalized spacial score (nSPS) is 14.7. The Balaban J connectivity index is 1.50. The fraction of sp³-hybridized carbons (Fsp3) is 0.333. The number of anilines is 1. The van der Waals surface area contributed by atoms with E-state index in [0.29, 0.717) is 38.8 Å². The van der Waals surface area contributed by atoms with E-state index in [-0.39, 0.29) is 22.8 Å². The van der Waals surface area contributed by atoms with Gasteiger partial charge in [-0.3, -0.25) is 9.47 Å². The first-order valence-electron chi connectivity index (χ1n) is 13.0. The van der Waals surface area contributed by atoms with E-state index in [0.717, 1.165) is 31.9 Å². The Bertz CT molecular complexity index is 1600. The lowest BCUT2D eigenvalue weighted by Crippen LogP contribution is -2.53. The molecule has 39 heavy (non-hydrogen) atoms. The van der Waals surface area contributed by atoms with Crippen molar-refractivity contribution in [1.82, 2.24) is 19.0 Å². The van der Waals surface area contributed by atoms with Crippen molar-refractivity contribution in [3.05, 3.63) is 81.9 Å². The fourth-order valence-corrected chi connectivity index (χ4v) is 5.41. The van der Waals surface area contributed by atoms with E-state index >= 15 is 0 Å². The van der Waals surface area contributed by atoms with Gasteiger partial charge in [0.1, 0.15) is 17.3 Å². The second kappa shape index (κ2) is 10.2.